The zero-order valence-electron chi connectivity index (χ0n) is 20.0. The fourth-order valence-electron chi connectivity index (χ4n) is 3.83. The number of amides is 2. The SMILES string of the molecule is COC(=O)C1=C(C)N(c2cccc(Cl)c2)C(=O)/C1=C\c1ccc(OCC(=O)Nc2ccccc2Cl)cc1. The fourth-order valence-corrected chi connectivity index (χ4v) is 4.20. The average molecular weight is 537 g/mol. The predicted molar refractivity (Wildman–Crippen MR) is 144 cm³/mol. The highest BCUT2D eigenvalue weighted by Gasteiger charge is 2.37. The number of ether oxygens (including phenoxy) is 2. The van der Waals surface area contributed by atoms with Crippen molar-refractivity contribution in [3.63, 3.8) is 0 Å². The zero-order chi connectivity index (χ0) is 26.5. The van der Waals surface area contributed by atoms with Gasteiger partial charge in [0.2, 0.25) is 0 Å². The van der Waals surface area contributed by atoms with Crippen LogP contribution in [0.3, 0.4) is 0 Å². The van der Waals surface area contributed by atoms with Gasteiger partial charge in [0.05, 0.1) is 34.7 Å². The van der Waals surface area contributed by atoms with E-state index in [0.717, 1.165) is 0 Å². The summed E-state index contributed by atoms with van der Waals surface area (Å²) in [6.07, 6.45) is 1.61. The quantitative estimate of drug-likeness (QED) is 0.300. The molecular formula is C28H22Cl2N2O5. The van der Waals surface area contributed by atoms with Crippen molar-refractivity contribution in [3.05, 3.63) is 105 Å². The molecule has 1 N–H and O–H groups in total. The Morgan fingerprint density at radius 1 is 1.00 bits per heavy atom. The van der Waals surface area contributed by atoms with Crippen molar-refractivity contribution >= 4 is 58.4 Å². The number of halogens is 2. The van der Waals surface area contributed by atoms with Crippen LogP contribution < -0.4 is 15.0 Å². The molecule has 0 spiro atoms. The summed E-state index contributed by atoms with van der Waals surface area (Å²) in [6, 6.07) is 20.5. The highest BCUT2D eigenvalue weighted by Crippen LogP contribution is 2.36. The van der Waals surface area contributed by atoms with Gasteiger partial charge in [0.1, 0.15) is 5.75 Å². The maximum atomic E-state index is 13.4. The molecule has 0 aromatic heterocycles. The molecule has 7 nitrogen and oxygen atoms in total. The summed E-state index contributed by atoms with van der Waals surface area (Å²) in [5, 5.41) is 3.58. The van der Waals surface area contributed by atoms with Gasteiger partial charge in [0.15, 0.2) is 6.61 Å². The van der Waals surface area contributed by atoms with Crippen LogP contribution in [0.4, 0.5) is 11.4 Å². The first-order valence-electron chi connectivity index (χ1n) is 11.2. The monoisotopic (exact) mass is 536 g/mol. The summed E-state index contributed by atoms with van der Waals surface area (Å²) in [4.78, 5) is 39.6. The lowest BCUT2D eigenvalue weighted by atomic mass is 10.0. The lowest BCUT2D eigenvalue weighted by Crippen LogP contribution is -2.24. The van der Waals surface area contributed by atoms with Crippen molar-refractivity contribution < 1.29 is 23.9 Å². The van der Waals surface area contributed by atoms with E-state index in [2.05, 4.69) is 5.32 Å². The van der Waals surface area contributed by atoms with Gasteiger partial charge in [-0.2, -0.15) is 0 Å². The molecule has 1 aliphatic heterocycles. The van der Waals surface area contributed by atoms with Crippen LogP contribution in [0.25, 0.3) is 6.08 Å². The zero-order valence-corrected chi connectivity index (χ0v) is 21.5. The van der Waals surface area contributed by atoms with Crippen molar-refractivity contribution in [3.8, 4) is 5.75 Å². The minimum Gasteiger partial charge on any atom is -0.484 e. The maximum Gasteiger partial charge on any atom is 0.340 e. The van der Waals surface area contributed by atoms with E-state index in [-0.39, 0.29) is 29.6 Å². The number of methoxy groups -OCH3 is 1. The van der Waals surface area contributed by atoms with Gasteiger partial charge in [-0.05, 0) is 61.0 Å². The molecule has 3 aromatic rings. The second kappa shape index (κ2) is 11.3. The molecule has 0 saturated carbocycles. The van der Waals surface area contributed by atoms with Gasteiger partial charge in [0, 0.05) is 10.7 Å². The number of nitrogens with one attached hydrogen (secondary N) is 1. The summed E-state index contributed by atoms with van der Waals surface area (Å²) in [6.45, 7) is 1.46. The Bertz CT molecular complexity index is 1430. The van der Waals surface area contributed by atoms with Gasteiger partial charge in [-0.1, -0.05) is 53.5 Å². The molecule has 1 heterocycles. The number of rotatable bonds is 7. The predicted octanol–water partition coefficient (Wildman–Crippen LogP) is 5.89. The van der Waals surface area contributed by atoms with Crippen LogP contribution in [0.2, 0.25) is 10.0 Å². The topological polar surface area (TPSA) is 84.9 Å². The molecule has 0 bridgehead atoms. The molecular weight excluding hydrogens is 515 g/mol. The first-order valence-corrected chi connectivity index (χ1v) is 11.9. The first kappa shape index (κ1) is 26.0. The van der Waals surface area contributed by atoms with Crippen LogP contribution in [-0.4, -0.2) is 31.5 Å². The van der Waals surface area contributed by atoms with Gasteiger partial charge >= 0.3 is 5.97 Å². The maximum absolute atomic E-state index is 13.4. The Labute approximate surface area is 223 Å². The van der Waals surface area contributed by atoms with E-state index < -0.39 is 5.97 Å². The number of hydrogen-bond acceptors (Lipinski definition) is 5. The van der Waals surface area contributed by atoms with Crippen molar-refractivity contribution in [2.24, 2.45) is 0 Å². The third-order valence-corrected chi connectivity index (χ3v) is 6.13. The number of benzene rings is 3. The molecule has 0 radical (unpaired) electrons. The van der Waals surface area contributed by atoms with E-state index in [0.29, 0.717) is 38.4 Å². The summed E-state index contributed by atoms with van der Waals surface area (Å²) >= 11 is 12.2. The minimum absolute atomic E-state index is 0.170. The number of carbonyl (C=O) groups is 3. The number of para-hydroxylation sites is 1. The molecule has 0 saturated heterocycles. The molecule has 1 aliphatic rings. The Kier molecular flexibility index (Phi) is 7.96. The Morgan fingerprint density at radius 2 is 1.73 bits per heavy atom. The van der Waals surface area contributed by atoms with Crippen molar-refractivity contribution in [1.29, 1.82) is 0 Å². The van der Waals surface area contributed by atoms with E-state index in [1.54, 1.807) is 85.8 Å². The molecule has 0 aliphatic carbocycles. The van der Waals surface area contributed by atoms with Crippen LogP contribution in [0.5, 0.6) is 5.75 Å². The molecule has 2 amide bonds. The van der Waals surface area contributed by atoms with E-state index >= 15 is 0 Å². The second-order valence-corrected chi connectivity index (χ2v) is 8.86. The first-order chi connectivity index (χ1) is 17.8. The highest BCUT2D eigenvalue weighted by molar-refractivity contribution is 6.33. The van der Waals surface area contributed by atoms with Crippen molar-refractivity contribution in [2.75, 3.05) is 23.9 Å². The molecule has 37 heavy (non-hydrogen) atoms. The van der Waals surface area contributed by atoms with Gasteiger partial charge < -0.3 is 14.8 Å². The van der Waals surface area contributed by atoms with Crippen LogP contribution in [-0.2, 0) is 19.1 Å². The molecule has 0 atom stereocenters. The normalized spacial score (nSPS) is 14.2. The van der Waals surface area contributed by atoms with Crippen molar-refractivity contribution in [1.82, 2.24) is 0 Å². The standard InChI is InChI=1S/C28H22Cl2N2O5/c1-17-26(28(35)36-2)22(27(34)32(17)20-7-5-6-19(29)15-20)14-18-10-12-21(13-11-18)37-16-25(33)31-24-9-4-3-8-23(24)30/h3-15H,16H2,1-2H3,(H,31,33)/b22-14-. The fraction of sp³-hybridized carbons (Fsp3) is 0.107. The van der Waals surface area contributed by atoms with Gasteiger partial charge in [-0.3, -0.25) is 14.5 Å². The Balaban J connectivity index is 1.51. The van der Waals surface area contributed by atoms with Gasteiger partial charge in [0.25, 0.3) is 11.8 Å². The number of allylic oxidation sites excluding steroid dienone is 1. The molecule has 188 valence electrons. The smallest absolute Gasteiger partial charge is 0.340 e. The lowest BCUT2D eigenvalue weighted by molar-refractivity contribution is -0.136. The molecule has 0 unspecified atom stereocenters. The minimum atomic E-state index is -0.619. The summed E-state index contributed by atoms with van der Waals surface area (Å²) in [5.74, 6) is -0.905. The summed E-state index contributed by atoms with van der Waals surface area (Å²) < 4.78 is 10.5. The number of carbonyl (C=O) groups excluding carboxylic acids is 3. The number of anilines is 2. The van der Waals surface area contributed by atoms with E-state index in [4.69, 9.17) is 32.7 Å². The molecule has 9 heteroatoms. The van der Waals surface area contributed by atoms with Crippen LogP contribution in [0.15, 0.2) is 89.6 Å². The number of nitrogens with zero attached hydrogens (tertiary/aromatic N) is 1. The van der Waals surface area contributed by atoms with Crippen LogP contribution >= 0.6 is 23.2 Å². The number of hydrogen-bond donors (Lipinski definition) is 1. The van der Waals surface area contributed by atoms with E-state index in [1.807, 2.05) is 0 Å². The molecule has 0 fully saturated rings. The second-order valence-electron chi connectivity index (χ2n) is 8.02. The van der Waals surface area contributed by atoms with E-state index in [1.165, 1.54) is 12.0 Å². The van der Waals surface area contributed by atoms with Gasteiger partial charge in [-0.25, -0.2) is 4.79 Å². The average Bonchev–Trinajstić information content (AvgIpc) is 3.13. The third kappa shape index (κ3) is 5.85. The Hall–Kier alpha value is -4.07. The van der Waals surface area contributed by atoms with Gasteiger partial charge in [-0.15, -0.1) is 0 Å². The van der Waals surface area contributed by atoms with Crippen molar-refractivity contribution in [2.45, 2.75) is 6.92 Å². The largest absolute Gasteiger partial charge is 0.484 e. The molecule has 3 aromatic carbocycles. The summed E-state index contributed by atoms with van der Waals surface area (Å²) in [7, 11) is 1.26. The lowest BCUT2D eigenvalue weighted by Gasteiger charge is -2.18. The molecule has 4 rings (SSSR count). The highest BCUT2D eigenvalue weighted by atomic mass is 35.5. The summed E-state index contributed by atoms with van der Waals surface area (Å²) in [5.41, 5.74) is 2.49. The van der Waals surface area contributed by atoms with Crippen LogP contribution in [0.1, 0.15) is 12.5 Å². The van der Waals surface area contributed by atoms with E-state index in [9.17, 15) is 14.4 Å². The third-order valence-electron chi connectivity index (χ3n) is 5.56. The number of esters is 1. The van der Waals surface area contributed by atoms with Crippen LogP contribution in [0, 0.1) is 0 Å². The Morgan fingerprint density at radius 3 is 2.41 bits per heavy atom.